The summed E-state index contributed by atoms with van der Waals surface area (Å²) in [6, 6.07) is 6.16. The van der Waals surface area contributed by atoms with Crippen LogP contribution in [0.25, 0.3) is 10.1 Å². The second-order valence-corrected chi connectivity index (χ2v) is 4.56. The predicted octanol–water partition coefficient (Wildman–Crippen LogP) is 2.71. The Bertz CT molecular complexity index is 773. The Morgan fingerprint density at radius 1 is 1.55 bits per heavy atom. The SMILES string of the molecule is N#CC(=CNc1csc2c([N+](=O)[O-])cccc12)C(=O)O. The molecule has 0 unspecified atom stereocenters. The maximum Gasteiger partial charge on any atom is 0.347 e. The zero-order valence-electron chi connectivity index (χ0n) is 9.86. The minimum atomic E-state index is -1.34. The number of nitrogens with one attached hydrogen (secondary N) is 1. The van der Waals surface area contributed by atoms with Crippen molar-refractivity contribution in [3.63, 3.8) is 0 Å². The van der Waals surface area contributed by atoms with Gasteiger partial charge in [0.2, 0.25) is 0 Å². The summed E-state index contributed by atoms with van der Waals surface area (Å²) in [6.07, 6.45) is 1.06. The average Bonchev–Trinajstić information content (AvgIpc) is 2.82. The number of non-ortho nitro benzene ring substituents is 1. The molecule has 0 radical (unpaired) electrons. The van der Waals surface area contributed by atoms with E-state index in [1.807, 2.05) is 0 Å². The van der Waals surface area contributed by atoms with E-state index in [9.17, 15) is 14.9 Å². The van der Waals surface area contributed by atoms with E-state index < -0.39 is 16.5 Å². The number of nitrogens with zero attached hydrogens (tertiary/aromatic N) is 2. The number of carbonyl (C=O) groups is 1. The van der Waals surface area contributed by atoms with Crippen LogP contribution in [0, 0.1) is 21.4 Å². The van der Waals surface area contributed by atoms with E-state index in [-0.39, 0.29) is 5.69 Å². The Morgan fingerprint density at radius 3 is 2.90 bits per heavy atom. The molecule has 0 aliphatic heterocycles. The number of anilines is 1. The largest absolute Gasteiger partial charge is 0.477 e. The molecule has 20 heavy (non-hydrogen) atoms. The molecule has 8 heteroatoms. The fourth-order valence-electron chi connectivity index (χ4n) is 1.59. The Labute approximate surface area is 116 Å². The molecule has 0 bridgehead atoms. The van der Waals surface area contributed by atoms with E-state index in [4.69, 9.17) is 10.4 Å². The fourth-order valence-corrected chi connectivity index (χ4v) is 2.59. The molecule has 2 aromatic rings. The lowest BCUT2D eigenvalue weighted by Gasteiger charge is -1.99. The molecule has 1 aromatic heterocycles. The van der Waals surface area contributed by atoms with Gasteiger partial charge in [-0.3, -0.25) is 10.1 Å². The minimum absolute atomic E-state index is 0.0109. The molecule has 100 valence electrons. The molecule has 0 spiro atoms. The fraction of sp³-hybridized carbons (Fsp3) is 0. The zero-order valence-corrected chi connectivity index (χ0v) is 10.7. The van der Waals surface area contributed by atoms with Crippen molar-refractivity contribution in [3.05, 3.63) is 45.5 Å². The van der Waals surface area contributed by atoms with E-state index in [0.29, 0.717) is 15.8 Å². The van der Waals surface area contributed by atoms with E-state index in [1.165, 1.54) is 23.5 Å². The van der Waals surface area contributed by atoms with Gasteiger partial charge in [-0.1, -0.05) is 12.1 Å². The van der Waals surface area contributed by atoms with Crippen LogP contribution >= 0.6 is 11.3 Å². The van der Waals surface area contributed by atoms with Gasteiger partial charge in [-0.05, 0) is 0 Å². The third kappa shape index (κ3) is 2.43. The van der Waals surface area contributed by atoms with Crippen molar-refractivity contribution < 1.29 is 14.8 Å². The lowest BCUT2D eigenvalue weighted by molar-refractivity contribution is -0.382. The Balaban J connectivity index is 2.43. The summed E-state index contributed by atoms with van der Waals surface area (Å²) in [7, 11) is 0. The third-order valence-electron chi connectivity index (χ3n) is 2.50. The zero-order chi connectivity index (χ0) is 14.7. The molecule has 7 nitrogen and oxygen atoms in total. The summed E-state index contributed by atoms with van der Waals surface area (Å²) in [6.45, 7) is 0. The molecule has 0 amide bonds. The molecule has 1 heterocycles. The van der Waals surface area contributed by atoms with E-state index in [2.05, 4.69) is 5.32 Å². The van der Waals surface area contributed by atoms with Crippen LogP contribution in [-0.4, -0.2) is 16.0 Å². The number of aliphatic carboxylic acids is 1. The van der Waals surface area contributed by atoms with Gasteiger partial charge >= 0.3 is 5.97 Å². The second kappa shape index (κ2) is 5.38. The number of rotatable bonds is 4. The molecular weight excluding hydrogens is 282 g/mol. The van der Waals surface area contributed by atoms with Crippen molar-refractivity contribution in [2.24, 2.45) is 0 Å². The number of hydrogen-bond acceptors (Lipinski definition) is 6. The van der Waals surface area contributed by atoms with Crippen LogP contribution in [0.1, 0.15) is 0 Å². The summed E-state index contributed by atoms with van der Waals surface area (Å²) >= 11 is 1.17. The summed E-state index contributed by atoms with van der Waals surface area (Å²) in [5.74, 6) is -1.34. The number of benzene rings is 1. The molecule has 0 aliphatic carbocycles. The number of thiophene rings is 1. The maximum atomic E-state index is 10.9. The molecule has 0 saturated heterocycles. The molecule has 0 atom stereocenters. The molecule has 2 rings (SSSR count). The Hall–Kier alpha value is -2.92. The average molecular weight is 289 g/mol. The number of hydrogen-bond donors (Lipinski definition) is 2. The number of carboxylic acids is 1. The standard InChI is InChI=1S/C12H7N3O4S/c13-4-7(12(16)17)5-14-9-6-20-11-8(9)2-1-3-10(11)15(18)19/h1-3,5-6,14H,(H,16,17). The number of carboxylic acid groups (broad SMARTS) is 1. The monoisotopic (exact) mass is 289 g/mol. The first kappa shape index (κ1) is 13.5. The van der Waals surface area contributed by atoms with Crippen LogP contribution < -0.4 is 5.32 Å². The molecule has 0 aliphatic rings. The topological polar surface area (TPSA) is 116 Å². The number of nitriles is 1. The smallest absolute Gasteiger partial charge is 0.347 e. The van der Waals surface area contributed by atoms with Crippen LogP contribution in [0.15, 0.2) is 35.4 Å². The van der Waals surface area contributed by atoms with Crippen LogP contribution in [0.5, 0.6) is 0 Å². The second-order valence-electron chi connectivity index (χ2n) is 3.68. The molecule has 1 aromatic carbocycles. The minimum Gasteiger partial charge on any atom is -0.477 e. The van der Waals surface area contributed by atoms with Crippen molar-refractivity contribution >= 4 is 38.8 Å². The highest BCUT2D eigenvalue weighted by Gasteiger charge is 2.15. The van der Waals surface area contributed by atoms with Gasteiger partial charge in [0.05, 0.1) is 10.6 Å². The molecular formula is C12H7N3O4S. The quantitative estimate of drug-likeness (QED) is 0.387. The van der Waals surface area contributed by atoms with Gasteiger partial charge in [-0.15, -0.1) is 11.3 Å². The summed E-state index contributed by atoms with van der Waals surface area (Å²) in [4.78, 5) is 21.1. The molecule has 0 fully saturated rings. The van der Waals surface area contributed by atoms with E-state index in [0.717, 1.165) is 6.20 Å². The van der Waals surface area contributed by atoms with Gasteiger partial charge in [0.15, 0.2) is 5.57 Å². The van der Waals surface area contributed by atoms with Gasteiger partial charge in [-0.2, -0.15) is 5.26 Å². The first-order chi connectivity index (χ1) is 9.54. The van der Waals surface area contributed by atoms with Crippen LogP contribution in [0.4, 0.5) is 11.4 Å². The Morgan fingerprint density at radius 2 is 2.30 bits per heavy atom. The lowest BCUT2D eigenvalue weighted by atomic mass is 10.2. The van der Waals surface area contributed by atoms with Crippen molar-refractivity contribution in [1.29, 1.82) is 5.26 Å². The van der Waals surface area contributed by atoms with Crippen molar-refractivity contribution in [2.45, 2.75) is 0 Å². The summed E-state index contributed by atoms with van der Waals surface area (Å²) < 4.78 is 0.488. The number of nitro benzene ring substituents is 1. The third-order valence-corrected chi connectivity index (χ3v) is 3.52. The predicted molar refractivity (Wildman–Crippen MR) is 73.4 cm³/mol. The van der Waals surface area contributed by atoms with Gasteiger partial charge in [0.1, 0.15) is 10.8 Å². The maximum absolute atomic E-state index is 10.9. The van der Waals surface area contributed by atoms with Crippen molar-refractivity contribution in [1.82, 2.24) is 0 Å². The van der Waals surface area contributed by atoms with Crippen LogP contribution in [-0.2, 0) is 4.79 Å². The first-order valence-corrected chi connectivity index (χ1v) is 6.17. The molecule has 2 N–H and O–H groups in total. The summed E-state index contributed by atoms with van der Waals surface area (Å²) in [5.41, 5.74) is 0.0563. The highest BCUT2D eigenvalue weighted by atomic mass is 32.1. The molecule has 0 saturated carbocycles. The summed E-state index contributed by atoms with van der Waals surface area (Å²) in [5, 5.41) is 33.1. The van der Waals surface area contributed by atoms with Gasteiger partial charge < -0.3 is 10.4 Å². The highest BCUT2D eigenvalue weighted by Crippen LogP contribution is 2.36. The first-order valence-electron chi connectivity index (χ1n) is 5.29. The number of fused-ring (bicyclic) bond motifs is 1. The highest BCUT2D eigenvalue weighted by molar-refractivity contribution is 7.18. The van der Waals surface area contributed by atoms with E-state index in [1.54, 1.807) is 17.5 Å². The van der Waals surface area contributed by atoms with Gasteiger partial charge in [-0.25, -0.2) is 4.79 Å². The Kier molecular flexibility index (Phi) is 3.63. The van der Waals surface area contributed by atoms with Crippen LogP contribution in [0.3, 0.4) is 0 Å². The van der Waals surface area contributed by atoms with Crippen molar-refractivity contribution in [2.75, 3.05) is 5.32 Å². The van der Waals surface area contributed by atoms with E-state index >= 15 is 0 Å². The van der Waals surface area contributed by atoms with Crippen LogP contribution in [0.2, 0.25) is 0 Å². The lowest BCUT2D eigenvalue weighted by Crippen LogP contribution is -2.00. The van der Waals surface area contributed by atoms with Gasteiger partial charge in [0.25, 0.3) is 5.69 Å². The van der Waals surface area contributed by atoms with Gasteiger partial charge in [0, 0.05) is 23.0 Å². The van der Waals surface area contributed by atoms with Crippen molar-refractivity contribution in [3.8, 4) is 6.07 Å². The number of nitro groups is 1. The normalized spacial score (nSPS) is 11.1.